The molecule has 0 aliphatic heterocycles. The van der Waals surface area contributed by atoms with Gasteiger partial charge in [0.05, 0.1) is 12.9 Å². The van der Waals surface area contributed by atoms with Gasteiger partial charge in [-0.25, -0.2) is 18.1 Å². The van der Waals surface area contributed by atoms with E-state index in [9.17, 15) is 8.42 Å². The molecule has 0 radical (unpaired) electrons. The molecule has 0 aliphatic rings. The third-order valence-corrected chi connectivity index (χ3v) is 3.53. The Bertz CT molecular complexity index is 431. The normalized spacial score (nSPS) is 11.4. The van der Waals surface area contributed by atoms with E-state index in [1.807, 2.05) is 6.92 Å². The van der Waals surface area contributed by atoms with Gasteiger partial charge in [-0.15, -0.1) is 0 Å². The number of aromatic nitrogens is 1. The smallest absolute Gasteiger partial charge is 0.217 e. The minimum absolute atomic E-state index is 0.135. The first-order chi connectivity index (χ1) is 7.59. The van der Waals surface area contributed by atoms with Gasteiger partial charge in [-0.05, 0) is 12.5 Å². The van der Waals surface area contributed by atoms with Crippen molar-refractivity contribution in [3.63, 3.8) is 0 Å². The van der Waals surface area contributed by atoms with Crippen molar-refractivity contribution in [2.24, 2.45) is 0 Å². The van der Waals surface area contributed by atoms with E-state index in [4.69, 9.17) is 4.74 Å². The highest BCUT2D eigenvalue weighted by molar-refractivity contribution is 7.89. The van der Waals surface area contributed by atoms with E-state index in [1.165, 1.54) is 7.11 Å². The van der Waals surface area contributed by atoms with Crippen LogP contribution in [0.15, 0.2) is 18.3 Å². The summed E-state index contributed by atoms with van der Waals surface area (Å²) in [4.78, 5) is 3.99. The summed E-state index contributed by atoms with van der Waals surface area (Å²) >= 11 is 0. The van der Waals surface area contributed by atoms with Crippen LogP contribution in [0, 0.1) is 0 Å². The number of nitrogens with one attached hydrogen (secondary N) is 1. The number of ether oxygens (including phenoxy) is 1. The molecule has 0 fully saturated rings. The lowest BCUT2D eigenvalue weighted by Crippen LogP contribution is -2.25. The number of hydrogen-bond donors (Lipinski definition) is 1. The van der Waals surface area contributed by atoms with Gasteiger partial charge in [0.1, 0.15) is 0 Å². The second-order valence-corrected chi connectivity index (χ2v) is 5.24. The maximum absolute atomic E-state index is 11.4. The average molecular weight is 244 g/mol. The Labute approximate surface area is 95.9 Å². The summed E-state index contributed by atoms with van der Waals surface area (Å²) in [6.07, 6.45) is 2.20. The zero-order valence-corrected chi connectivity index (χ0v) is 10.3. The Morgan fingerprint density at radius 2 is 2.25 bits per heavy atom. The van der Waals surface area contributed by atoms with Gasteiger partial charge >= 0.3 is 0 Å². The van der Waals surface area contributed by atoms with Crippen molar-refractivity contribution < 1.29 is 13.2 Å². The van der Waals surface area contributed by atoms with Gasteiger partial charge in [0.25, 0.3) is 0 Å². The Balaban J connectivity index is 2.68. The molecule has 0 saturated carbocycles. The van der Waals surface area contributed by atoms with Crippen molar-refractivity contribution in [2.45, 2.75) is 19.9 Å². The number of nitrogens with zero attached hydrogens (tertiary/aromatic N) is 1. The molecule has 0 unspecified atom stereocenters. The van der Waals surface area contributed by atoms with Crippen molar-refractivity contribution >= 4 is 10.0 Å². The lowest BCUT2D eigenvalue weighted by atomic mass is 10.3. The zero-order valence-electron chi connectivity index (χ0n) is 9.43. The minimum Gasteiger partial charge on any atom is -0.481 e. The largest absolute Gasteiger partial charge is 0.481 e. The highest BCUT2D eigenvalue weighted by Gasteiger charge is 2.10. The predicted molar refractivity (Wildman–Crippen MR) is 61.7 cm³/mol. The molecular formula is C10H16N2O3S. The van der Waals surface area contributed by atoms with Crippen molar-refractivity contribution in [1.82, 2.24) is 9.71 Å². The van der Waals surface area contributed by atoms with Crippen LogP contribution in [0.4, 0.5) is 0 Å². The van der Waals surface area contributed by atoms with Crippen LogP contribution in [-0.4, -0.2) is 26.3 Å². The zero-order chi connectivity index (χ0) is 12.0. The summed E-state index contributed by atoms with van der Waals surface area (Å²) in [7, 11) is -1.68. The third-order valence-electron chi connectivity index (χ3n) is 2.00. The lowest BCUT2D eigenvalue weighted by molar-refractivity contribution is 0.392. The van der Waals surface area contributed by atoms with Crippen LogP contribution >= 0.6 is 0 Å². The fourth-order valence-corrected chi connectivity index (χ4v) is 2.33. The van der Waals surface area contributed by atoms with Crippen molar-refractivity contribution in [2.75, 3.05) is 12.9 Å². The van der Waals surface area contributed by atoms with Gasteiger partial charge in [-0.1, -0.05) is 13.0 Å². The minimum atomic E-state index is -3.19. The molecule has 1 aromatic heterocycles. The number of sulfonamides is 1. The van der Waals surface area contributed by atoms with Crippen LogP contribution in [0.3, 0.4) is 0 Å². The van der Waals surface area contributed by atoms with E-state index in [1.54, 1.807) is 18.3 Å². The molecule has 0 atom stereocenters. The number of hydrogen-bond acceptors (Lipinski definition) is 4. The number of rotatable bonds is 6. The summed E-state index contributed by atoms with van der Waals surface area (Å²) in [6.45, 7) is 2.03. The second-order valence-electron chi connectivity index (χ2n) is 3.31. The second kappa shape index (κ2) is 5.81. The fraction of sp³-hybridized carbons (Fsp3) is 0.500. The molecule has 0 amide bonds. The number of pyridine rings is 1. The molecule has 0 saturated heterocycles. The predicted octanol–water partition coefficient (Wildman–Crippen LogP) is 0.920. The SMILES string of the molecule is CCCS(=O)(=O)NCc1cccnc1OC. The van der Waals surface area contributed by atoms with E-state index in [0.717, 1.165) is 5.56 Å². The molecule has 0 aliphatic carbocycles. The first kappa shape index (κ1) is 12.9. The van der Waals surface area contributed by atoms with Crippen LogP contribution in [0.2, 0.25) is 0 Å². The van der Waals surface area contributed by atoms with Gasteiger partial charge in [-0.2, -0.15) is 0 Å². The molecular weight excluding hydrogens is 228 g/mol. The van der Waals surface area contributed by atoms with Gasteiger partial charge in [0.15, 0.2) is 0 Å². The van der Waals surface area contributed by atoms with Crippen LogP contribution in [0.5, 0.6) is 5.88 Å². The molecule has 90 valence electrons. The van der Waals surface area contributed by atoms with Crippen LogP contribution in [-0.2, 0) is 16.6 Å². The molecule has 1 rings (SSSR count). The molecule has 5 nitrogen and oxygen atoms in total. The average Bonchev–Trinajstić information content (AvgIpc) is 2.27. The standard InChI is InChI=1S/C10H16N2O3S/c1-3-7-16(13,14)12-8-9-5-4-6-11-10(9)15-2/h4-6,12H,3,7-8H2,1-2H3. The van der Waals surface area contributed by atoms with E-state index >= 15 is 0 Å². The summed E-state index contributed by atoms with van der Waals surface area (Å²) in [5.74, 6) is 0.581. The van der Waals surface area contributed by atoms with Gasteiger partial charge in [0.2, 0.25) is 15.9 Å². The van der Waals surface area contributed by atoms with Gasteiger partial charge in [0, 0.05) is 18.3 Å². The Kier molecular flexibility index (Phi) is 4.70. The molecule has 16 heavy (non-hydrogen) atoms. The highest BCUT2D eigenvalue weighted by atomic mass is 32.2. The third kappa shape index (κ3) is 3.79. The fourth-order valence-electron chi connectivity index (χ4n) is 1.27. The van der Waals surface area contributed by atoms with E-state index in [2.05, 4.69) is 9.71 Å². The quantitative estimate of drug-likeness (QED) is 0.808. The molecule has 0 spiro atoms. The lowest BCUT2D eigenvalue weighted by Gasteiger charge is -2.08. The summed E-state index contributed by atoms with van der Waals surface area (Å²) in [6, 6.07) is 3.52. The van der Waals surface area contributed by atoms with E-state index < -0.39 is 10.0 Å². The molecule has 0 bridgehead atoms. The van der Waals surface area contributed by atoms with Crippen LogP contribution in [0.25, 0.3) is 0 Å². The molecule has 0 aromatic carbocycles. The first-order valence-corrected chi connectivity index (χ1v) is 6.69. The highest BCUT2D eigenvalue weighted by Crippen LogP contribution is 2.13. The van der Waals surface area contributed by atoms with Gasteiger partial charge < -0.3 is 4.74 Å². The maximum atomic E-state index is 11.4. The Hall–Kier alpha value is -1.14. The molecule has 6 heteroatoms. The van der Waals surface area contributed by atoms with Crippen molar-refractivity contribution in [3.8, 4) is 5.88 Å². The monoisotopic (exact) mass is 244 g/mol. The van der Waals surface area contributed by atoms with Crippen LogP contribution < -0.4 is 9.46 Å². The Morgan fingerprint density at radius 1 is 1.50 bits per heavy atom. The van der Waals surface area contributed by atoms with Gasteiger partial charge in [-0.3, -0.25) is 0 Å². The van der Waals surface area contributed by atoms with Crippen molar-refractivity contribution in [3.05, 3.63) is 23.9 Å². The first-order valence-electron chi connectivity index (χ1n) is 5.04. The number of methoxy groups -OCH3 is 1. The maximum Gasteiger partial charge on any atom is 0.217 e. The summed E-state index contributed by atoms with van der Waals surface area (Å²) in [5, 5.41) is 0. The topological polar surface area (TPSA) is 68.3 Å². The summed E-state index contributed by atoms with van der Waals surface area (Å²) < 4.78 is 30.4. The van der Waals surface area contributed by atoms with Crippen molar-refractivity contribution in [1.29, 1.82) is 0 Å². The Morgan fingerprint density at radius 3 is 2.88 bits per heavy atom. The summed E-state index contributed by atoms with van der Waals surface area (Å²) in [5.41, 5.74) is 0.727. The van der Waals surface area contributed by atoms with E-state index in [0.29, 0.717) is 12.3 Å². The molecule has 1 aromatic rings. The van der Waals surface area contributed by atoms with E-state index in [-0.39, 0.29) is 12.3 Å². The molecule has 1 N–H and O–H groups in total. The van der Waals surface area contributed by atoms with Crippen LogP contribution in [0.1, 0.15) is 18.9 Å². The molecule has 1 heterocycles.